The second-order valence-corrected chi connectivity index (χ2v) is 7.74. The maximum absolute atomic E-state index is 12.5. The SMILES string of the molecule is N#CC1(CS(=O)(=O)N2CCCC2C(=O)O)CCCCC1. The highest BCUT2D eigenvalue weighted by atomic mass is 32.2. The van der Waals surface area contributed by atoms with Gasteiger partial charge >= 0.3 is 5.97 Å². The van der Waals surface area contributed by atoms with Gasteiger partial charge in [0.05, 0.1) is 17.2 Å². The number of nitriles is 1. The van der Waals surface area contributed by atoms with Crippen molar-refractivity contribution in [1.29, 1.82) is 5.26 Å². The number of rotatable bonds is 4. The van der Waals surface area contributed by atoms with Crippen LogP contribution in [-0.2, 0) is 14.8 Å². The van der Waals surface area contributed by atoms with E-state index in [-0.39, 0.29) is 12.3 Å². The lowest BCUT2D eigenvalue weighted by molar-refractivity contribution is -0.140. The van der Waals surface area contributed by atoms with Crippen molar-refractivity contribution in [1.82, 2.24) is 4.31 Å². The normalized spacial score (nSPS) is 27.1. The number of aliphatic carboxylic acids is 1. The highest BCUT2D eigenvalue weighted by molar-refractivity contribution is 7.89. The van der Waals surface area contributed by atoms with Crippen molar-refractivity contribution in [2.24, 2.45) is 5.41 Å². The Kier molecular flexibility index (Phi) is 4.35. The number of carboxylic acids is 1. The molecule has 1 N–H and O–H groups in total. The molecule has 7 heteroatoms. The second kappa shape index (κ2) is 5.70. The summed E-state index contributed by atoms with van der Waals surface area (Å²) in [7, 11) is -3.69. The Hall–Kier alpha value is -1.13. The Bertz CT molecular complexity index is 517. The molecule has 2 rings (SSSR count). The lowest BCUT2D eigenvalue weighted by atomic mass is 9.77. The maximum atomic E-state index is 12.5. The molecule has 0 aromatic heterocycles. The van der Waals surface area contributed by atoms with Gasteiger partial charge in [-0.25, -0.2) is 8.42 Å². The van der Waals surface area contributed by atoms with Gasteiger partial charge in [-0.3, -0.25) is 4.79 Å². The van der Waals surface area contributed by atoms with Crippen molar-refractivity contribution >= 4 is 16.0 Å². The van der Waals surface area contributed by atoms with Crippen molar-refractivity contribution in [3.8, 4) is 6.07 Å². The zero-order valence-electron chi connectivity index (χ0n) is 11.4. The number of carbonyl (C=O) groups is 1. The van der Waals surface area contributed by atoms with Crippen LogP contribution in [0.25, 0.3) is 0 Å². The van der Waals surface area contributed by atoms with E-state index in [9.17, 15) is 18.5 Å². The first-order valence-electron chi connectivity index (χ1n) is 7.04. The highest BCUT2D eigenvalue weighted by Gasteiger charge is 2.44. The van der Waals surface area contributed by atoms with Gasteiger partial charge in [0.1, 0.15) is 6.04 Å². The molecule has 0 bridgehead atoms. The molecule has 1 aliphatic carbocycles. The smallest absolute Gasteiger partial charge is 0.322 e. The largest absolute Gasteiger partial charge is 0.480 e. The zero-order chi connectivity index (χ0) is 14.8. The number of carboxylic acid groups (broad SMARTS) is 1. The van der Waals surface area contributed by atoms with Gasteiger partial charge in [0.25, 0.3) is 0 Å². The summed E-state index contributed by atoms with van der Waals surface area (Å²) in [4.78, 5) is 11.1. The molecule has 1 aliphatic heterocycles. The van der Waals surface area contributed by atoms with Crippen molar-refractivity contribution in [2.75, 3.05) is 12.3 Å². The third-order valence-corrected chi connectivity index (χ3v) is 6.42. The lowest BCUT2D eigenvalue weighted by Gasteiger charge is -2.32. The van der Waals surface area contributed by atoms with Crippen LogP contribution in [0.15, 0.2) is 0 Å². The van der Waals surface area contributed by atoms with E-state index in [4.69, 9.17) is 5.11 Å². The summed E-state index contributed by atoms with van der Waals surface area (Å²) in [5, 5.41) is 18.5. The first-order valence-corrected chi connectivity index (χ1v) is 8.65. The van der Waals surface area contributed by atoms with Crippen LogP contribution in [-0.4, -0.2) is 42.1 Å². The molecule has 0 aromatic carbocycles. The van der Waals surface area contributed by atoms with Crippen molar-refractivity contribution < 1.29 is 18.3 Å². The van der Waals surface area contributed by atoms with E-state index in [0.717, 1.165) is 23.6 Å². The van der Waals surface area contributed by atoms with Gasteiger partial charge in [-0.1, -0.05) is 19.3 Å². The molecule has 1 saturated heterocycles. The van der Waals surface area contributed by atoms with Crippen LogP contribution < -0.4 is 0 Å². The second-order valence-electron chi connectivity index (χ2n) is 5.82. The predicted molar refractivity (Wildman–Crippen MR) is 72.3 cm³/mol. The minimum atomic E-state index is -3.69. The van der Waals surface area contributed by atoms with E-state index in [0.29, 0.717) is 25.7 Å². The Morgan fingerprint density at radius 2 is 1.95 bits per heavy atom. The molecule has 1 unspecified atom stereocenters. The molecular formula is C13H20N2O4S. The van der Waals surface area contributed by atoms with Crippen molar-refractivity contribution in [3.05, 3.63) is 0 Å². The van der Waals surface area contributed by atoms with Crippen molar-refractivity contribution in [2.45, 2.75) is 51.0 Å². The molecule has 1 saturated carbocycles. The third kappa shape index (κ3) is 2.96. The van der Waals surface area contributed by atoms with Gasteiger partial charge in [0.15, 0.2) is 0 Å². The first kappa shape index (κ1) is 15.3. The lowest BCUT2D eigenvalue weighted by Crippen LogP contribution is -2.45. The van der Waals surface area contributed by atoms with Gasteiger partial charge in [-0.05, 0) is 25.7 Å². The average molecular weight is 300 g/mol. The Morgan fingerprint density at radius 3 is 2.50 bits per heavy atom. The highest BCUT2D eigenvalue weighted by Crippen LogP contribution is 2.38. The van der Waals surface area contributed by atoms with E-state index >= 15 is 0 Å². The van der Waals surface area contributed by atoms with Crippen LogP contribution in [0.5, 0.6) is 0 Å². The quantitative estimate of drug-likeness (QED) is 0.844. The summed E-state index contributed by atoms with van der Waals surface area (Å²) in [6.07, 6.45) is 4.87. The molecule has 6 nitrogen and oxygen atoms in total. The number of hydrogen-bond donors (Lipinski definition) is 1. The number of sulfonamides is 1. The molecule has 0 amide bonds. The monoisotopic (exact) mass is 300 g/mol. The Balaban J connectivity index is 2.18. The number of hydrogen-bond acceptors (Lipinski definition) is 4. The van der Waals surface area contributed by atoms with E-state index in [1.54, 1.807) is 0 Å². The van der Waals surface area contributed by atoms with E-state index in [1.807, 2.05) is 0 Å². The molecule has 2 fully saturated rings. The fourth-order valence-electron chi connectivity index (χ4n) is 3.27. The summed E-state index contributed by atoms with van der Waals surface area (Å²) in [5.41, 5.74) is -0.831. The van der Waals surface area contributed by atoms with Crippen LogP contribution in [0.2, 0.25) is 0 Å². The van der Waals surface area contributed by atoms with E-state index in [1.165, 1.54) is 0 Å². The molecule has 20 heavy (non-hydrogen) atoms. The van der Waals surface area contributed by atoms with E-state index < -0.39 is 27.4 Å². The maximum Gasteiger partial charge on any atom is 0.322 e. The topological polar surface area (TPSA) is 98.5 Å². The number of nitrogens with zero attached hydrogens (tertiary/aromatic N) is 2. The Morgan fingerprint density at radius 1 is 1.30 bits per heavy atom. The van der Waals surface area contributed by atoms with Crippen LogP contribution in [0, 0.1) is 16.7 Å². The summed E-state index contributed by atoms with van der Waals surface area (Å²) in [6, 6.07) is 1.23. The van der Waals surface area contributed by atoms with Gasteiger partial charge in [-0.2, -0.15) is 9.57 Å². The standard InChI is InChI=1S/C13H20N2O4S/c14-9-13(6-2-1-3-7-13)10-20(18,19)15-8-4-5-11(15)12(16)17/h11H,1-8,10H2,(H,16,17). The minimum Gasteiger partial charge on any atom is -0.480 e. The molecule has 112 valence electrons. The van der Waals surface area contributed by atoms with Crippen LogP contribution in [0.4, 0.5) is 0 Å². The molecule has 1 atom stereocenters. The molecule has 2 aliphatic rings. The van der Waals surface area contributed by atoms with Crippen molar-refractivity contribution in [3.63, 3.8) is 0 Å². The zero-order valence-corrected chi connectivity index (χ0v) is 12.2. The van der Waals surface area contributed by atoms with Crippen LogP contribution in [0.3, 0.4) is 0 Å². The van der Waals surface area contributed by atoms with Crippen LogP contribution >= 0.6 is 0 Å². The molecule has 0 radical (unpaired) electrons. The molecule has 0 aromatic rings. The molecule has 1 heterocycles. The third-order valence-electron chi connectivity index (χ3n) is 4.35. The summed E-state index contributed by atoms with van der Waals surface area (Å²) in [5.74, 6) is -1.33. The first-order chi connectivity index (χ1) is 9.40. The average Bonchev–Trinajstić information content (AvgIpc) is 2.89. The van der Waals surface area contributed by atoms with Gasteiger partial charge in [0, 0.05) is 6.54 Å². The fraction of sp³-hybridized carbons (Fsp3) is 0.846. The summed E-state index contributed by atoms with van der Waals surface area (Å²) in [6.45, 7) is 0.251. The van der Waals surface area contributed by atoms with E-state index in [2.05, 4.69) is 6.07 Å². The molecular weight excluding hydrogens is 280 g/mol. The predicted octanol–water partition coefficient (Wildman–Crippen LogP) is 1.34. The van der Waals surface area contributed by atoms with Crippen LogP contribution in [0.1, 0.15) is 44.9 Å². The Labute approximate surface area is 119 Å². The summed E-state index contributed by atoms with van der Waals surface area (Å²) >= 11 is 0. The summed E-state index contributed by atoms with van der Waals surface area (Å²) < 4.78 is 26.1. The fourth-order valence-corrected chi connectivity index (χ4v) is 5.48. The van der Waals surface area contributed by atoms with Gasteiger partial charge in [-0.15, -0.1) is 0 Å². The van der Waals surface area contributed by atoms with Gasteiger partial charge in [0.2, 0.25) is 10.0 Å². The molecule has 0 spiro atoms. The van der Waals surface area contributed by atoms with Gasteiger partial charge < -0.3 is 5.11 Å². The minimum absolute atomic E-state index is 0.236.